The molecule has 0 bridgehead atoms. The van der Waals surface area contributed by atoms with Crippen LogP contribution in [-0.4, -0.2) is 37.9 Å². The van der Waals surface area contributed by atoms with Crippen LogP contribution < -0.4 is 0 Å². The van der Waals surface area contributed by atoms with Crippen molar-refractivity contribution in [2.45, 2.75) is 18.9 Å². The zero-order valence-electron chi connectivity index (χ0n) is 8.72. The molecule has 86 valence electrons. The Balaban J connectivity index is 3.13. The number of thioether (sulfide) groups is 1. The van der Waals surface area contributed by atoms with Gasteiger partial charge in [-0.3, -0.25) is 4.79 Å². The molecule has 0 fully saturated rings. The summed E-state index contributed by atoms with van der Waals surface area (Å²) in [6.07, 6.45) is 0. The van der Waals surface area contributed by atoms with Gasteiger partial charge in [0, 0.05) is 0 Å². The Bertz CT molecular complexity index is 447. The first kappa shape index (κ1) is 12.4. The second kappa shape index (κ2) is 4.93. The van der Waals surface area contributed by atoms with Gasteiger partial charge in [0.2, 0.25) is 0 Å². The van der Waals surface area contributed by atoms with E-state index >= 15 is 0 Å². The highest BCUT2D eigenvalue weighted by molar-refractivity contribution is 7.99. The molecule has 0 aliphatic carbocycles. The smallest absolute Gasteiger partial charge is 0.340 e. The Morgan fingerprint density at radius 3 is 2.38 bits per heavy atom. The average molecular weight is 242 g/mol. The zero-order chi connectivity index (χ0) is 12.3. The fourth-order valence-corrected chi connectivity index (χ4v) is 2.00. The molecule has 1 rings (SSSR count). The van der Waals surface area contributed by atoms with Gasteiger partial charge in [0.05, 0.1) is 11.4 Å². The first-order valence-electron chi connectivity index (χ1n) is 4.35. The lowest BCUT2D eigenvalue weighted by atomic mass is 10.2. The normalized spacial score (nSPS) is 10.1. The first-order chi connectivity index (χ1) is 7.41. The van der Waals surface area contributed by atoms with E-state index < -0.39 is 11.9 Å². The van der Waals surface area contributed by atoms with Gasteiger partial charge in [0.15, 0.2) is 0 Å². The fraction of sp³-hybridized carbons (Fsp3) is 0.333. The highest BCUT2D eigenvalue weighted by Crippen LogP contribution is 2.22. The molecular formula is C9H10N2O4S. The first-order valence-corrected chi connectivity index (χ1v) is 5.33. The largest absolute Gasteiger partial charge is 0.481 e. The van der Waals surface area contributed by atoms with E-state index in [1.165, 1.54) is 0 Å². The van der Waals surface area contributed by atoms with Crippen molar-refractivity contribution >= 4 is 23.7 Å². The Morgan fingerprint density at radius 1 is 1.25 bits per heavy atom. The quantitative estimate of drug-likeness (QED) is 0.599. The predicted octanol–water partition coefficient (Wildman–Crippen LogP) is 0.968. The third-order valence-corrected chi connectivity index (χ3v) is 2.67. The molecule has 0 aliphatic rings. The van der Waals surface area contributed by atoms with E-state index in [1.54, 1.807) is 13.8 Å². The molecular weight excluding hydrogens is 232 g/mol. The van der Waals surface area contributed by atoms with Crippen molar-refractivity contribution in [3.8, 4) is 0 Å². The Labute approximate surface area is 95.7 Å². The molecule has 0 saturated heterocycles. The van der Waals surface area contributed by atoms with Gasteiger partial charge in [0.25, 0.3) is 0 Å². The number of aryl methyl sites for hydroxylation is 2. The molecule has 1 aromatic heterocycles. The summed E-state index contributed by atoms with van der Waals surface area (Å²) in [7, 11) is 0. The number of hydrogen-bond donors (Lipinski definition) is 2. The number of carbonyl (C=O) groups is 2. The summed E-state index contributed by atoms with van der Waals surface area (Å²) < 4.78 is 0. The average Bonchev–Trinajstić information content (AvgIpc) is 2.12. The highest BCUT2D eigenvalue weighted by atomic mass is 32.2. The number of aromatic nitrogens is 2. The number of carboxylic acid groups (broad SMARTS) is 2. The molecule has 0 spiro atoms. The van der Waals surface area contributed by atoms with E-state index in [4.69, 9.17) is 10.2 Å². The van der Waals surface area contributed by atoms with E-state index in [9.17, 15) is 9.59 Å². The number of aliphatic carboxylic acids is 1. The number of aromatic carboxylic acids is 1. The summed E-state index contributed by atoms with van der Waals surface area (Å²) in [4.78, 5) is 29.2. The van der Waals surface area contributed by atoms with Gasteiger partial charge in [-0.25, -0.2) is 14.8 Å². The summed E-state index contributed by atoms with van der Waals surface area (Å²) in [5.41, 5.74) is 0.310. The molecule has 0 atom stereocenters. The lowest BCUT2D eigenvalue weighted by Crippen LogP contribution is -2.09. The van der Waals surface area contributed by atoms with Gasteiger partial charge >= 0.3 is 11.9 Å². The maximum absolute atomic E-state index is 11.0. The van der Waals surface area contributed by atoms with Gasteiger partial charge in [-0.2, -0.15) is 0 Å². The maximum Gasteiger partial charge on any atom is 0.340 e. The van der Waals surface area contributed by atoms with E-state index in [-0.39, 0.29) is 16.3 Å². The molecule has 0 radical (unpaired) electrons. The van der Waals surface area contributed by atoms with E-state index in [0.29, 0.717) is 11.5 Å². The van der Waals surface area contributed by atoms with E-state index in [0.717, 1.165) is 11.8 Å². The van der Waals surface area contributed by atoms with Crippen LogP contribution in [0, 0.1) is 13.8 Å². The SMILES string of the molecule is Cc1nc(C)c(C(=O)O)c(SCC(=O)O)n1. The minimum absolute atomic E-state index is 0.0307. The van der Waals surface area contributed by atoms with Crippen molar-refractivity contribution in [3.05, 3.63) is 17.1 Å². The van der Waals surface area contributed by atoms with Crippen LogP contribution in [0.25, 0.3) is 0 Å². The lowest BCUT2D eigenvalue weighted by molar-refractivity contribution is -0.133. The minimum atomic E-state index is -1.15. The second-order valence-corrected chi connectivity index (χ2v) is 3.99. The van der Waals surface area contributed by atoms with E-state index in [2.05, 4.69) is 9.97 Å². The molecule has 0 aliphatic heterocycles. The molecule has 0 aromatic carbocycles. The fourth-order valence-electron chi connectivity index (χ4n) is 1.16. The van der Waals surface area contributed by atoms with E-state index in [1.807, 2.05) is 0 Å². The summed E-state index contributed by atoms with van der Waals surface area (Å²) in [6.45, 7) is 3.19. The van der Waals surface area contributed by atoms with Crippen molar-refractivity contribution in [1.82, 2.24) is 9.97 Å². The predicted molar refractivity (Wildman–Crippen MR) is 56.8 cm³/mol. The van der Waals surface area contributed by atoms with Crippen LogP contribution >= 0.6 is 11.8 Å². The van der Waals surface area contributed by atoms with Gasteiger partial charge in [-0.1, -0.05) is 11.8 Å². The van der Waals surface area contributed by atoms with Gasteiger partial charge in [0.1, 0.15) is 16.4 Å². The summed E-state index contributed by atoms with van der Waals surface area (Å²) >= 11 is 0.880. The zero-order valence-corrected chi connectivity index (χ0v) is 9.54. The van der Waals surface area contributed by atoms with Crippen molar-refractivity contribution in [2.24, 2.45) is 0 Å². The van der Waals surface area contributed by atoms with Gasteiger partial charge in [-0.05, 0) is 13.8 Å². The third kappa shape index (κ3) is 2.93. The molecule has 0 saturated carbocycles. The summed E-state index contributed by atoms with van der Waals surface area (Å²) in [5.74, 6) is -1.97. The van der Waals surface area contributed by atoms with Crippen LogP contribution in [0.4, 0.5) is 0 Å². The van der Waals surface area contributed by atoms with Crippen molar-refractivity contribution in [1.29, 1.82) is 0 Å². The molecule has 16 heavy (non-hydrogen) atoms. The standard InChI is InChI=1S/C9H10N2O4S/c1-4-7(9(14)15)8(11-5(2)10-4)16-3-6(12)13/h3H2,1-2H3,(H,12,13)(H,14,15). The molecule has 0 unspecified atom stereocenters. The van der Waals surface area contributed by atoms with Crippen LogP contribution in [0.2, 0.25) is 0 Å². The van der Waals surface area contributed by atoms with Crippen LogP contribution in [0.15, 0.2) is 5.03 Å². The Hall–Kier alpha value is -1.63. The van der Waals surface area contributed by atoms with Crippen molar-refractivity contribution < 1.29 is 19.8 Å². The molecule has 0 amide bonds. The van der Waals surface area contributed by atoms with Crippen molar-refractivity contribution in [2.75, 3.05) is 5.75 Å². The topological polar surface area (TPSA) is 100 Å². The molecule has 1 aromatic rings. The van der Waals surface area contributed by atoms with Crippen LogP contribution in [0.3, 0.4) is 0 Å². The minimum Gasteiger partial charge on any atom is -0.481 e. The van der Waals surface area contributed by atoms with Crippen LogP contribution in [0.1, 0.15) is 21.9 Å². The summed E-state index contributed by atoms with van der Waals surface area (Å²) in [5, 5.41) is 17.7. The number of carboxylic acids is 2. The van der Waals surface area contributed by atoms with Crippen LogP contribution in [-0.2, 0) is 4.79 Å². The maximum atomic E-state index is 11.0. The molecule has 7 heteroatoms. The Morgan fingerprint density at radius 2 is 1.88 bits per heavy atom. The lowest BCUT2D eigenvalue weighted by Gasteiger charge is -2.07. The van der Waals surface area contributed by atoms with Crippen LogP contribution in [0.5, 0.6) is 0 Å². The summed E-state index contributed by atoms with van der Waals surface area (Å²) in [6, 6.07) is 0. The number of nitrogens with zero attached hydrogens (tertiary/aromatic N) is 2. The molecule has 2 N–H and O–H groups in total. The monoisotopic (exact) mass is 242 g/mol. The highest BCUT2D eigenvalue weighted by Gasteiger charge is 2.18. The Kier molecular flexibility index (Phi) is 3.83. The van der Waals surface area contributed by atoms with Gasteiger partial charge in [-0.15, -0.1) is 0 Å². The van der Waals surface area contributed by atoms with Gasteiger partial charge < -0.3 is 10.2 Å². The number of rotatable bonds is 4. The molecule has 6 nitrogen and oxygen atoms in total. The second-order valence-electron chi connectivity index (χ2n) is 3.02. The number of hydrogen-bond acceptors (Lipinski definition) is 5. The molecule has 1 heterocycles. The van der Waals surface area contributed by atoms with Crippen molar-refractivity contribution in [3.63, 3.8) is 0 Å². The third-order valence-electron chi connectivity index (χ3n) is 1.71.